The first-order valence-electron chi connectivity index (χ1n) is 9.18. The molecule has 2 aliphatic rings. The first kappa shape index (κ1) is 17.5. The van der Waals surface area contributed by atoms with Crippen molar-refractivity contribution in [1.29, 1.82) is 0 Å². The molecule has 4 nitrogen and oxygen atoms in total. The van der Waals surface area contributed by atoms with Crippen molar-refractivity contribution in [3.63, 3.8) is 0 Å². The van der Waals surface area contributed by atoms with Crippen molar-refractivity contribution < 1.29 is 0 Å². The van der Waals surface area contributed by atoms with Crippen LogP contribution in [0, 0.1) is 0 Å². The molecule has 0 spiro atoms. The number of rotatable bonds is 3. The molecule has 138 valence electrons. The normalized spacial score (nSPS) is 10.9. The molecule has 0 saturated carbocycles. The number of hydrogen-bond donors (Lipinski definition) is 0. The fraction of sp³-hybridized carbons (Fsp3) is 0. The standard InChI is InChI=1S/C24H15ClN4/c25-23-15-18-17(21-8-2-5-11-27-21)13-16(20-7-1-4-10-26-20)14-19(24(18)29-23)22-9-3-6-12-28-22/h1-15H. The van der Waals surface area contributed by atoms with Crippen LogP contribution in [0.3, 0.4) is 0 Å². The van der Waals surface area contributed by atoms with E-state index in [2.05, 4.69) is 32.1 Å². The molecule has 3 aromatic heterocycles. The van der Waals surface area contributed by atoms with Crippen LogP contribution in [0.25, 0.3) is 45.0 Å². The molecule has 0 unspecified atom stereocenters. The van der Waals surface area contributed by atoms with E-state index in [-0.39, 0.29) is 0 Å². The van der Waals surface area contributed by atoms with Crippen LogP contribution >= 0.6 is 11.6 Å². The fourth-order valence-corrected chi connectivity index (χ4v) is 3.62. The molecule has 0 aromatic carbocycles. The van der Waals surface area contributed by atoms with Crippen LogP contribution in [0.5, 0.6) is 0 Å². The highest BCUT2D eigenvalue weighted by Crippen LogP contribution is 2.41. The number of pyridine rings is 3. The van der Waals surface area contributed by atoms with Crippen molar-refractivity contribution in [2.75, 3.05) is 0 Å². The van der Waals surface area contributed by atoms with Gasteiger partial charge in [0.05, 0.1) is 22.8 Å². The Bertz CT molecular complexity index is 1170. The van der Waals surface area contributed by atoms with E-state index in [1.165, 1.54) is 0 Å². The topological polar surface area (TPSA) is 51.6 Å². The van der Waals surface area contributed by atoms with E-state index in [9.17, 15) is 0 Å². The van der Waals surface area contributed by atoms with Crippen LogP contribution < -0.4 is 0 Å². The fourth-order valence-electron chi connectivity index (χ4n) is 3.43. The lowest BCUT2D eigenvalue weighted by atomic mass is 10.0. The molecular weight excluding hydrogens is 380 g/mol. The van der Waals surface area contributed by atoms with E-state index in [4.69, 9.17) is 11.6 Å². The molecule has 0 N–H and O–H groups in total. The highest BCUT2D eigenvalue weighted by Gasteiger charge is 2.20. The van der Waals surface area contributed by atoms with E-state index in [1.807, 2.05) is 60.7 Å². The van der Waals surface area contributed by atoms with Crippen LogP contribution in [0.2, 0.25) is 5.15 Å². The maximum Gasteiger partial charge on any atom is 0.130 e. The summed E-state index contributed by atoms with van der Waals surface area (Å²) in [6.45, 7) is 0. The molecule has 1 aliphatic carbocycles. The lowest BCUT2D eigenvalue weighted by Crippen LogP contribution is -1.87. The summed E-state index contributed by atoms with van der Waals surface area (Å²) in [6, 6.07) is 23.6. The second kappa shape index (κ2) is 7.41. The molecule has 0 fully saturated rings. The summed E-state index contributed by atoms with van der Waals surface area (Å²) >= 11 is 6.34. The first-order valence-corrected chi connectivity index (χ1v) is 9.56. The van der Waals surface area contributed by atoms with Gasteiger partial charge in [0.25, 0.3) is 0 Å². The molecule has 5 heteroatoms. The molecule has 1 aliphatic heterocycles. The Hall–Kier alpha value is -3.63. The lowest BCUT2D eigenvalue weighted by Gasteiger charge is -2.05. The van der Waals surface area contributed by atoms with Crippen LogP contribution in [-0.2, 0) is 0 Å². The van der Waals surface area contributed by atoms with E-state index in [1.54, 1.807) is 18.6 Å². The zero-order chi connectivity index (χ0) is 19.6. The number of nitrogens with zero attached hydrogens (tertiary/aromatic N) is 4. The maximum atomic E-state index is 6.34. The molecule has 0 bridgehead atoms. The van der Waals surface area contributed by atoms with E-state index in [0.29, 0.717) is 5.15 Å². The third-order valence-corrected chi connectivity index (χ3v) is 4.92. The van der Waals surface area contributed by atoms with E-state index < -0.39 is 0 Å². The number of aromatic nitrogens is 4. The largest absolute Gasteiger partial charge is 0.256 e. The summed E-state index contributed by atoms with van der Waals surface area (Å²) in [5.41, 5.74) is 7.06. The number of halogens is 1. The second-order valence-corrected chi connectivity index (χ2v) is 6.94. The quantitative estimate of drug-likeness (QED) is 0.375. The summed E-state index contributed by atoms with van der Waals surface area (Å²) in [6.07, 6.45) is 5.35. The van der Waals surface area contributed by atoms with Gasteiger partial charge in [-0.3, -0.25) is 15.0 Å². The Kier molecular flexibility index (Phi) is 4.47. The van der Waals surface area contributed by atoms with Crippen molar-refractivity contribution >= 4 is 11.6 Å². The van der Waals surface area contributed by atoms with Gasteiger partial charge in [0.15, 0.2) is 0 Å². The molecular formula is C24H15ClN4. The number of hydrogen-bond acceptors (Lipinski definition) is 4. The van der Waals surface area contributed by atoms with Crippen molar-refractivity contribution in [3.05, 3.63) is 96.5 Å². The Balaban J connectivity index is 1.88. The van der Waals surface area contributed by atoms with Gasteiger partial charge in [0.1, 0.15) is 5.15 Å². The molecule has 0 atom stereocenters. The third-order valence-electron chi connectivity index (χ3n) is 4.72. The van der Waals surface area contributed by atoms with Gasteiger partial charge in [-0.1, -0.05) is 29.8 Å². The summed E-state index contributed by atoms with van der Waals surface area (Å²) in [5.74, 6) is 0. The lowest BCUT2D eigenvalue weighted by molar-refractivity contribution is 1.31. The highest BCUT2D eigenvalue weighted by atomic mass is 35.5. The molecule has 4 heterocycles. The molecule has 29 heavy (non-hydrogen) atoms. The van der Waals surface area contributed by atoms with E-state index >= 15 is 0 Å². The average Bonchev–Trinajstić information content (AvgIpc) is 3.09. The summed E-state index contributed by atoms with van der Waals surface area (Å²) < 4.78 is 0. The van der Waals surface area contributed by atoms with Crippen molar-refractivity contribution in [3.8, 4) is 45.0 Å². The zero-order valence-corrected chi connectivity index (χ0v) is 16.1. The van der Waals surface area contributed by atoms with Gasteiger partial charge in [0, 0.05) is 40.8 Å². The molecule has 0 amide bonds. The minimum atomic E-state index is 0.444. The third kappa shape index (κ3) is 3.35. The second-order valence-electron chi connectivity index (χ2n) is 6.56. The predicted molar refractivity (Wildman–Crippen MR) is 116 cm³/mol. The molecule has 0 radical (unpaired) electrons. The molecule has 5 rings (SSSR count). The summed E-state index contributed by atoms with van der Waals surface area (Å²) in [7, 11) is 0. The van der Waals surface area contributed by atoms with Gasteiger partial charge < -0.3 is 0 Å². The van der Waals surface area contributed by atoms with Gasteiger partial charge in [0.2, 0.25) is 0 Å². The number of fused-ring (bicyclic) bond motifs is 1. The average molecular weight is 395 g/mol. The monoisotopic (exact) mass is 394 g/mol. The van der Waals surface area contributed by atoms with Crippen molar-refractivity contribution in [2.24, 2.45) is 0 Å². The maximum absolute atomic E-state index is 6.34. The van der Waals surface area contributed by atoms with Gasteiger partial charge in [-0.15, -0.1) is 0 Å². The van der Waals surface area contributed by atoms with Crippen LogP contribution in [0.15, 0.2) is 91.4 Å². The minimum Gasteiger partial charge on any atom is -0.256 e. The van der Waals surface area contributed by atoms with Crippen LogP contribution in [-0.4, -0.2) is 19.9 Å². The van der Waals surface area contributed by atoms with Gasteiger partial charge >= 0.3 is 0 Å². The molecule has 0 saturated heterocycles. The Labute approximate surface area is 173 Å². The van der Waals surface area contributed by atoms with Gasteiger partial charge in [-0.2, -0.15) is 0 Å². The highest BCUT2D eigenvalue weighted by molar-refractivity contribution is 6.30. The van der Waals surface area contributed by atoms with E-state index in [0.717, 1.165) is 45.0 Å². The smallest absolute Gasteiger partial charge is 0.130 e. The first-order chi connectivity index (χ1) is 14.3. The SMILES string of the molecule is Clc1cc2c(-c3ccccn3)cc(-c3ccccn3)cc(-c3ccccn3)c-2n1. The summed E-state index contributed by atoms with van der Waals surface area (Å²) in [5, 5.41) is 0.444. The zero-order valence-electron chi connectivity index (χ0n) is 15.3. The summed E-state index contributed by atoms with van der Waals surface area (Å²) in [4.78, 5) is 18.3. The Morgan fingerprint density at radius 2 is 1.10 bits per heavy atom. The van der Waals surface area contributed by atoms with Crippen molar-refractivity contribution in [2.45, 2.75) is 0 Å². The minimum absolute atomic E-state index is 0.444. The Morgan fingerprint density at radius 1 is 0.552 bits per heavy atom. The van der Waals surface area contributed by atoms with Crippen molar-refractivity contribution in [1.82, 2.24) is 19.9 Å². The van der Waals surface area contributed by atoms with Crippen LogP contribution in [0.4, 0.5) is 0 Å². The predicted octanol–water partition coefficient (Wildman–Crippen LogP) is 6.03. The van der Waals surface area contributed by atoms with Crippen LogP contribution in [0.1, 0.15) is 0 Å². The van der Waals surface area contributed by atoms with Gasteiger partial charge in [-0.05, 0) is 54.6 Å². The molecule has 3 aromatic rings. The van der Waals surface area contributed by atoms with Gasteiger partial charge in [-0.25, -0.2) is 4.98 Å². The Morgan fingerprint density at radius 3 is 1.69 bits per heavy atom.